The van der Waals surface area contributed by atoms with Gasteiger partial charge >= 0.3 is 0 Å². The molecule has 2 rings (SSSR count). The topological polar surface area (TPSA) is 49.3 Å². The summed E-state index contributed by atoms with van der Waals surface area (Å²) in [6.07, 6.45) is 2.55. The number of rotatable bonds is 4. The average molecular weight is 303 g/mol. The summed E-state index contributed by atoms with van der Waals surface area (Å²) in [6, 6.07) is 7.84. The first kappa shape index (κ1) is 15.9. The van der Waals surface area contributed by atoms with Gasteiger partial charge in [0.15, 0.2) is 0 Å². The van der Waals surface area contributed by atoms with Crippen LogP contribution in [0.4, 0.5) is 0 Å². The van der Waals surface area contributed by atoms with Gasteiger partial charge in [-0.3, -0.25) is 4.79 Å². The summed E-state index contributed by atoms with van der Waals surface area (Å²) in [5.41, 5.74) is 1.96. The van der Waals surface area contributed by atoms with E-state index in [1.165, 1.54) is 0 Å². The van der Waals surface area contributed by atoms with Gasteiger partial charge in [0.05, 0.1) is 11.4 Å². The Bertz CT molecular complexity index is 553. The summed E-state index contributed by atoms with van der Waals surface area (Å²) in [4.78, 5) is 12.2. The molecule has 4 heteroatoms. The standard InChI is InChI=1S/C17H21NO2S/c1-17(9-5-11-21-17)16(20)18-13-15-8-4-7-14(12-15)6-2-3-10-19/h4,7-8,12,19H,3,5,9-11,13H2,1H3,(H,18,20). The second-order valence-electron chi connectivity index (χ2n) is 5.34. The smallest absolute Gasteiger partial charge is 0.236 e. The van der Waals surface area contributed by atoms with E-state index in [2.05, 4.69) is 17.2 Å². The molecule has 1 aliphatic rings. The molecule has 1 saturated heterocycles. The van der Waals surface area contributed by atoms with Gasteiger partial charge in [-0.2, -0.15) is 0 Å². The minimum atomic E-state index is -0.265. The Kier molecular flexibility index (Phi) is 5.72. The molecule has 1 amide bonds. The first-order valence-electron chi connectivity index (χ1n) is 7.25. The van der Waals surface area contributed by atoms with Crippen molar-refractivity contribution in [3.63, 3.8) is 0 Å². The number of hydrogen-bond acceptors (Lipinski definition) is 3. The maximum Gasteiger partial charge on any atom is 0.236 e. The molecule has 1 unspecified atom stereocenters. The van der Waals surface area contributed by atoms with E-state index < -0.39 is 0 Å². The van der Waals surface area contributed by atoms with E-state index >= 15 is 0 Å². The van der Waals surface area contributed by atoms with E-state index in [1.54, 1.807) is 11.8 Å². The summed E-state index contributed by atoms with van der Waals surface area (Å²) in [7, 11) is 0. The highest BCUT2D eigenvalue weighted by Crippen LogP contribution is 2.37. The Morgan fingerprint density at radius 3 is 3.10 bits per heavy atom. The van der Waals surface area contributed by atoms with Crippen molar-refractivity contribution >= 4 is 17.7 Å². The number of benzene rings is 1. The van der Waals surface area contributed by atoms with Crippen LogP contribution in [0.1, 0.15) is 37.3 Å². The van der Waals surface area contributed by atoms with Gasteiger partial charge in [0.1, 0.15) is 0 Å². The zero-order valence-corrected chi connectivity index (χ0v) is 13.1. The number of thioether (sulfide) groups is 1. The molecule has 1 fully saturated rings. The summed E-state index contributed by atoms with van der Waals surface area (Å²) in [5.74, 6) is 7.11. The Balaban J connectivity index is 1.93. The molecule has 1 aromatic carbocycles. The third kappa shape index (κ3) is 4.52. The SMILES string of the molecule is CC1(C(=O)NCc2cccc(C#CCCO)c2)CCCS1. The summed E-state index contributed by atoms with van der Waals surface area (Å²) in [5, 5.41) is 11.7. The molecule has 0 spiro atoms. The fourth-order valence-electron chi connectivity index (χ4n) is 2.31. The van der Waals surface area contributed by atoms with Crippen molar-refractivity contribution in [1.29, 1.82) is 0 Å². The highest BCUT2D eigenvalue weighted by atomic mass is 32.2. The molecule has 1 atom stereocenters. The molecule has 0 saturated carbocycles. The maximum absolute atomic E-state index is 12.2. The van der Waals surface area contributed by atoms with Crippen molar-refractivity contribution in [2.45, 2.75) is 37.5 Å². The lowest BCUT2D eigenvalue weighted by atomic mass is 10.0. The second-order valence-corrected chi connectivity index (χ2v) is 6.94. The molecule has 0 aliphatic carbocycles. The van der Waals surface area contributed by atoms with Gasteiger partial charge in [-0.15, -0.1) is 11.8 Å². The van der Waals surface area contributed by atoms with Crippen LogP contribution in [-0.2, 0) is 11.3 Å². The molecule has 3 nitrogen and oxygen atoms in total. The summed E-state index contributed by atoms with van der Waals surface area (Å²) < 4.78 is -0.265. The van der Waals surface area contributed by atoms with Crippen molar-refractivity contribution in [2.24, 2.45) is 0 Å². The van der Waals surface area contributed by atoms with E-state index in [1.807, 2.05) is 31.2 Å². The highest BCUT2D eigenvalue weighted by Gasteiger charge is 2.36. The number of amides is 1. The monoisotopic (exact) mass is 303 g/mol. The van der Waals surface area contributed by atoms with Crippen LogP contribution >= 0.6 is 11.8 Å². The van der Waals surface area contributed by atoms with E-state index in [9.17, 15) is 4.79 Å². The number of carbonyl (C=O) groups excluding carboxylic acids is 1. The average Bonchev–Trinajstić information content (AvgIpc) is 2.94. The van der Waals surface area contributed by atoms with Crippen molar-refractivity contribution in [3.8, 4) is 11.8 Å². The molecular formula is C17H21NO2S. The van der Waals surface area contributed by atoms with E-state index in [-0.39, 0.29) is 17.3 Å². The molecule has 112 valence electrons. The molecule has 1 aromatic rings. The fraction of sp³-hybridized carbons (Fsp3) is 0.471. The summed E-state index contributed by atoms with van der Waals surface area (Å²) in [6.45, 7) is 2.64. The number of aliphatic hydroxyl groups excluding tert-OH is 1. The normalized spacial score (nSPS) is 20.7. The second kappa shape index (κ2) is 7.53. The van der Waals surface area contributed by atoms with Crippen LogP contribution < -0.4 is 5.32 Å². The minimum Gasteiger partial charge on any atom is -0.395 e. The van der Waals surface area contributed by atoms with Crippen LogP contribution in [0.25, 0.3) is 0 Å². The number of aliphatic hydroxyl groups is 1. The summed E-state index contributed by atoms with van der Waals surface area (Å²) >= 11 is 1.75. The van der Waals surface area contributed by atoms with Crippen LogP contribution in [0.5, 0.6) is 0 Å². The maximum atomic E-state index is 12.2. The molecular weight excluding hydrogens is 282 g/mol. The Morgan fingerprint density at radius 2 is 2.38 bits per heavy atom. The lowest BCUT2D eigenvalue weighted by molar-refractivity contribution is -0.123. The number of carbonyl (C=O) groups is 1. The van der Waals surface area contributed by atoms with Crippen LogP contribution in [0, 0.1) is 11.8 Å². The van der Waals surface area contributed by atoms with Crippen LogP contribution in [0.3, 0.4) is 0 Å². The van der Waals surface area contributed by atoms with Crippen molar-refractivity contribution in [2.75, 3.05) is 12.4 Å². The van der Waals surface area contributed by atoms with Gasteiger partial charge < -0.3 is 10.4 Å². The molecule has 0 radical (unpaired) electrons. The quantitative estimate of drug-likeness (QED) is 0.839. The Morgan fingerprint density at radius 1 is 1.52 bits per heavy atom. The first-order chi connectivity index (χ1) is 10.1. The largest absolute Gasteiger partial charge is 0.395 e. The predicted molar refractivity (Wildman–Crippen MR) is 87.0 cm³/mol. The van der Waals surface area contributed by atoms with Crippen molar-refractivity contribution in [3.05, 3.63) is 35.4 Å². The van der Waals surface area contributed by atoms with Crippen LogP contribution in [-0.4, -0.2) is 28.1 Å². The van der Waals surface area contributed by atoms with E-state index in [0.29, 0.717) is 13.0 Å². The third-order valence-electron chi connectivity index (χ3n) is 3.55. The minimum absolute atomic E-state index is 0.0823. The van der Waals surface area contributed by atoms with Gasteiger partial charge in [0, 0.05) is 18.5 Å². The molecule has 1 aliphatic heterocycles. The van der Waals surface area contributed by atoms with E-state index in [0.717, 1.165) is 29.7 Å². The third-order valence-corrected chi connectivity index (χ3v) is 5.07. The van der Waals surface area contributed by atoms with E-state index in [4.69, 9.17) is 5.11 Å². The predicted octanol–water partition coefficient (Wildman–Crippen LogP) is 2.32. The zero-order chi connectivity index (χ0) is 15.1. The van der Waals surface area contributed by atoms with Gasteiger partial charge in [0.2, 0.25) is 5.91 Å². The van der Waals surface area contributed by atoms with Gasteiger partial charge in [-0.05, 0) is 43.2 Å². The fourth-order valence-corrected chi connectivity index (χ4v) is 3.54. The molecule has 21 heavy (non-hydrogen) atoms. The first-order valence-corrected chi connectivity index (χ1v) is 8.23. The van der Waals surface area contributed by atoms with Gasteiger partial charge in [0.25, 0.3) is 0 Å². The van der Waals surface area contributed by atoms with Gasteiger partial charge in [-0.1, -0.05) is 24.0 Å². The zero-order valence-electron chi connectivity index (χ0n) is 12.3. The van der Waals surface area contributed by atoms with Crippen molar-refractivity contribution < 1.29 is 9.90 Å². The highest BCUT2D eigenvalue weighted by molar-refractivity contribution is 8.01. The Labute approximate surface area is 130 Å². The van der Waals surface area contributed by atoms with Gasteiger partial charge in [-0.25, -0.2) is 0 Å². The van der Waals surface area contributed by atoms with Crippen LogP contribution in [0.15, 0.2) is 24.3 Å². The Hall–Kier alpha value is -1.44. The number of hydrogen-bond donors (Lipinski definition) is 2. The van der Waals surface area contributed by atoms with Crippen LogP contribution in [0.2, 0.25) is 0 Å². The molecule has 0 aromatic heterocycles. The lowest BCUT2D eigenvalue weighted by Crippen LogP contribution is -2.39. The lowest BCUT2D eigenvalue weighted by Gasteiger charge is -2.21. The van der Waals surface area contributed by atoms with Crippen molar-refractivity contribution in [1.82, 2.24) is 5.32 Å². The molecule has 1 heterocycles. The number of nitrogens with one attached hydrogen (secondary N) is 1. The molecule has 2 N–H and O–H groups in total. The molecule has 0 bridgehead atoms.